The van der Waals surface area contributed by atoms with E-state index in [-0.39, 0.29) is 5.82 Å². The van der Waals surface area contributed by atoms with Gasteiger partial charge in [-0.15, -0.1) is 0 Å². The Balaban J connectivity index is 2.94. The number of halogens is 2. The summed E-state index contributed by atoms with van der Waals surface area (Å²) in [7, 11) is 0. The van der Waals surface area contributed by atoms with Crippen LogP contribution in [0.2, 0.25) is 0 Å². The minimum atomic E-state index is -0.223. The highest BCUT2D eigenvalue weighted by atomic mass is 79.9. The molecule has 0 radical (unpaired) electrons. The van der Waals surface area contributed by atoms with Crippen LogP contribution in [-0.2, 0) is 0 Å². The fourth-order valence-electron chi connectivity index (χ4n) is 1.11. The summed E-state index contributed by atoms with van der Waals surface area (Å²) >= 11 is 3.29. The van der Waals surface area contributed by atoms with Crippen LogP contribution in [0.25, 0.3) is 11.0 Å². The number of fused-ring (bicyclic) bond motifs is 1. The Morgan fingerprint density at radius 2 is 2.33 bits per heavy atom. The Hall–Kier alpha value is -0.900. The molecule has 1 aromatic heterocycles. The van der Waals surface area contributed by atoms with E-state index in [0.29, 0.717) is 11.1 Å². The molecule has 1 heterocycles. The van der Waals surface area contributed by atoms with Gasteiger partial charge in [0.05, 0.1) is 16.3 Å². The molecule has 62 valence electrons. The van der Waals surface area contributed by atoms with Gasteiger partial charge >= 0.3 is 0 Å². The Kier molecular flexibility index (Phi) is 1.65. The predicted molar refractivity (Wildman–Crippen MR) is 48.5 cm³/mol. The fraction of sp³-hybridized carbons (Fsp3) is 0.125. The van der Waals surface area contributed by atoms with E-state index in [4.69, 9.17) is 0 Å². The zero-order chi connectivity index (χ0) is 8.72. The fourth-order valence-corrected chi connectivity index (χ4v) is 1.61. The third-order valence-corrected chi connectivity index (χ3v) is 2.81. The molecule has 0 atom stereocenters. The maximum absolute atomic E-state index is 13.1. The van der Waals surface area contributed by atoms with Crippen LogP contribution in [0.1, 0.15) is 5.56 Å². The Morgan fingerprint density at radius 3 is 3.08 bits per heavy atom. The summed E-state index contributed by atoms with van der Waals surface area (Å²) in [6, 6.07) is 1.45. The summed E-state index contributed by atoms with van der Waals surface area (Å²) < 4.78 is 13.8. The van der Waals surface area contributed by atoms with Crippen molar-refractivity contribution < 1.29 is 4.39 Å². The molecule has 1 N–H and O–H groups in total. The number of hydrogen-bond acceptors (Lipinski definition) is 1. The van der Waals surface area contributed by atoms with Gasteiger partial charge in [-0.1, -0.05) is 0 Å². The molecule has 0 saturated carbocycles. The monoisotopic (exact) mass is 228 g/mol. The van der Waals surface area contributed by atoms with Crippen molar-refractivity contribution in [1.82, 2.24) is 9.97 Å². The number of imidazole rings is 1. The molecule has 0 saturated heterocycles. The highest BCUT2D eigenvalue weighted by molar-refractivity contribution is 9.10. The lowest BCUT2D eigenvalue weighted by Crippen LogP contribution is -1.85. The number of nitrogens with zero attached hydrogens (tertiary/aromatic N) is 1. The van der Waals surface area contributed by atoms with Crippen molar-refractivity contribution in [3.05, 3.63) is 28.2 Å². The molecule has 2 aromatic rings. The number of hydrogen-bond donors (Lipinski definition) is 1. The SMILES string of the molecule is Cc1c(F)cc2[nH]cnc2c1Br. The van der Waals surface area contributed by atoms with Crippen molar-refractivity contribution in [3.8, 4) is 0 Å². The van der Waals surface area contributed by atoms with Crippen molar-refractivity contribution in [1.29, 1.82) is 0 Å². The summed E-state index contributed by atoms with van der Waals surface area (Å²) in [5.74, 6) is -0.223. The average molecular weight is 229 g/mol. The zero-order valence-corrected chi connectivity index (χ0v) is 7.94. The second kappa shape index (κ2) is 2.55. The van der Waals surface area contributed by atoms with Gasteiger partial charge in [0.2, 0.25) is 0 Å². The summed E-state index contributed by atoms with van der Waals surface area (Å²) in [4.78, 5) is 6.90. The van der Waals surface area contributed by atoms with E-state index < -0.39 is 0 Å². The number of H-pyrrole nitrogens is 1. The van der Waals surface area contributed by atoms with Crippen LogP contribution in [0.3, 0.4) is 0 Å². The Morgan fingerprint density at radius 1 is 1.58 bits per heavy atom. The van der Waals surface area contributed by atoms with Crippen LogP contribution in [0, 0.1) is 12.7 Å². The van der Waals surface area contributed by atoms with E-state index in [2.05, 4.69) is 25.9 Å². The van der Waals surface area contributed by atoms with Crippen LogP contribution in [0.4, 0.5) is 4.39 Å². The van der Waals surface area contributed by atoms with Gasteiger partial charge < -0.3 is 4.98 Å². The lowest BCUT2D eigenvalue weighted by Gasteiger charge is -1.99. The first-order valence-corrected chi connectivity index (χ1v) is 4.27. The highest BCUT2D eigenvalue weighted by Crippen LogP contribution is 2.26. The van der Waals surface area contributed by atoms with Gasteiger partial charge in [0, 0.05) is 5.56 Å². The molecular formula is C8H6BrFN2. The van der Waals surface area contributed by atoms with E-state index >= 15 is 0 Å². The molecule has 4 heteroatoms. The van der Waals surface area contributed by atoms with E-state index in [0.717, 1.165) is 9.99 Å². The molecule has 0 unspecified atom stereocenters. The van der Waals surface area contributed by atoms with Crippen LogP contribution >= 0.6 is 15.9 Å². The van der Waals surface area contributed by atoms with E-state index in [1.54, 1.807) is 13.3 Å². The molecule has 0 aliphatic carbocycles. The quantitative estimate of drug-likeness (QED) is 0.739. The third-order valence-electron chi connectivity index (χ3n) is 1.84. The van der Waals surface area contributed by atoms with Gasteiger partial charge in [-0.25, -0.2) is 9.37 Å². The van der Waals surface area contributed by atoms with E-state index in [9.17, 15) is 4.39 Å². The minimum Gasteiger partial charge on any atom is -0.344 e. The molecule has 0 amide bonds. The molecule has 0 bridgehead atoms. The first kappa shape index (κ1) is 7.73. The van der Waals surface area contributed by atoms with Crippen LogP contribution < -0.4 is 0 Å². The summed E-state index contributed by atoms with van der Waals surface area (Å²) in [6.07, 6.45) is 1.55. The van der Waals surface area contributed by atoms with Crippen molar-refractivity contribution in [2.24, 2.45) is 0 Å². The van der Waals surface area contributed by atoms with Gasteiger partial charge in [0.15, 0.2) is 0 Å². The minimum absolute atomic E-state index is 0.223. The van der Waals surface area contributed by atoms with Crippen molar-refractivity contribution in [2.75, 3.05) is 0 Å². The van der Waals surface area contributed by atoms with Gasteiger partial charge in [0.1, 0.15) is 11.3 Å². The van der Waals surface area contributed by atoms with Gasteiger partial charge in [-0.2, -0.15) is 0 Å². The maximum atomic E-state index is 13.1. The largest absolute Gasteiger partial charge is 0.344 e. The zero-order valence-electron chi connectivity index (χ0n) is 6.36. The molecule has 0 aliphatic heterocycles. The normalized spacial score (nSPS) is 10.9. The van der Waals surface area contributed by atoms with Crippen LogP contribution in [0.5, 0.6) is 0 Å². The molecular weight excluding hydrogens is 223 g/mol. The van der Waals surface area contributed by atoms with Crippen LogP contribution in [-0.4, -0.2) is 9.97 Å². The van der Waals surface area contributed by atoms with Gasteiger partial charge in [0.25, 0.3) is 0 Å². The van der Waals surface area contributed by atoms with Crippen LogP contribution in [0.15, 0.2) is 16.9 Å². The highest BCUT2D eigenvalue weighted by Gasteiger charge is 2.08. The molecule has 1 aromatic carbocycles. The molecule has 0 spiro atoms. The van der Waals surface area contributed by atoms with E-state index in [1.165, 1.54) is 6.07 Å². The lowest BCUT2D eigenvalue weighted by molar-refractivity contribution is 0.619. The first-order valence-electron chi connectivity index (χ1n) is 3.48. The molecule has 12 heavy (non-hydrogen) atoms. The van der Waals surface area contributed by atoms with Crippen molar-refractivity contribution in [3.63, 3.8) is 0 Å². The Bertz CT molecular complexity index is 436. The standard InChI is InChI=1S/C8H6BrFN2/c1-4-5(10)2-6-8(7(4)9)12-3-11-6/h2-3H,1H3,(H,11,12). The predicted octanol–water partition coefficient (Wildman–Crippen LogP) is 2.77. The number of nitrogens with one attached hydrogen (secondary N) is 1. The molecule has 0 aliphatic rings. The topological polar surface area (TPSA) is 28.7 Å². The smallest absolute Gasteiger partial charge is 0.129 e. The van der Waals surface area contributed by atoms with Crippen molar-refractivity contribution >= 4 is 27.0 Å². The molecule has 0 fully saturated rings. The van der Waals surface area contributed by atoms with E-state index in [1.807, 2.05) is 0 Å². The molecule has 2 rings (SSSR count). The third kappa shape index (κ3) is 0.948. The van der Waals surface area contributed by atoms with Crippen molar-refractivity contribution in [2.45, 2.75) is 6.92 Å². The second-order valence-electron chi connectivity index (χ2n) is 2.60. The maximum Gasteiger partial charge on any atom is 0.129 e. The summed E-state index contributed by atoms with van der Waals surface area (Å²) in [5.41, 5.74) is 2.08. The number of rotatable bonds is 0. The summed E-state index contributed by atoms with van der Waals surface area (Å²) in [6.45, 7) is 1.72. The average Bonchev–Trinajstić information content (AvgIpc) is 2.48. The number of benzene rings is 1. The second-order valence-corrected chi connectivity index (χ2v) is 3.39. The molecule has 2 nitrogen and oxygen atoms in total. The first-order chi connectivity index (χ1) is 5.70. The summed E-state index contributed by atoms with van der Waals surface area (Å²) in [5, 5.41) is 0. The number of aromatic nitrogens is 2. The van der Waals surface area contributed by atoms with Gasteiger partial charge in [-0.05, 0) is 28.9 Å². The Labute approximate surface area is 76.9 Å². The van der Waals surface area contributed by atoms with Gasteiger partial charge in [-0.3, -0.25) is 0 Å². The lowest BCUT2D eigenvalue weighted by atomic mass is 10.2. The number of aromatic amines is 1.